The lowest BCUT2D eigenvalue weighted by molar-refractivity contribution is -0.127. The Hall–Kier alpha value is -1.88. The number of carbonyl (C=O) groups is 1. The number of nitrogens with zero attached hydrogens (tertiary/aromatic N) is 2. The summed E-state index contributed by atoms with van der Waals surface area (Å²) in [6, 6.07) is 1.56. The number of halogens is 1. The summed E-state index contributed by atoms with van der Waals surface area (Å²) in [5.41, 5.74) is 0.519. The number of nitrogens with one attached hydrogen (secondary N) is 1. The van der Waals surface area contributed by atoms with Crippen LogP contribution in [0.1, 0.15) is 20.3 Å². The zero-order valence-electron chi connectivity index (χ0n) is 11.2. The maximum absolute atomic E-state index is 11.9. The number of allylic oxidation sites excluding steroid dienone is 4. The summed E-state index contributed by atoms with van der Waals surface area (Å²) in [7, 11) is 0. The summed E-state index contributed by atoms with van der Waals surface area (Å²) in [6.07, 6.45) is 5.74. The molecule has 2 heterocycles. The fourth-order valence-electron chi connectivity index (χ4n) is 2.48. The topological polar surface area (TPSA) is 64.1 Å². The first-order valence-electron chi connectivity index (χ1n) is 6.34. The molecule has 0 aromatic carbocycles. The van der Waals surface area contributed by atoms with Gasteiger partial charge in [-0.1, -0.05) is 25.4 Å². The second-order valence-corrected chi connectivity index (χ2v) is 5.86. The molecule has 104 valence electrons. The molecule has 1 atom stereocenters. The molecule has 1 aliphatic carbocycles. The molecule has 1 aliphatic heterocycles. The Labute approximate surface area is 121 Å². The molecule has 1 fully saturated rings. The predicted octanol–water partition coefficient (Wildman–Crippen LogP) is 2.45. The van der Waals surface area contributed by atoms with E-state index in [1.54, 1.807) is 6.07 Å². The highest BCUT2D eigenvalue weighted by Crippen LogP contribution is 2.43. The fraction of sp³-hybridized carbons (Fsp3) is 0.357. The molecule has 0 bridgehead atoms. The molecule has 20 heavy (non-hydrogen) atoms. The molecular weight excluding hydrogens is 278 g/mol. The molecule has 0 saturated carbocycles. The summed E-state index contributed by atoms with van der Waals surface area (Å²) < 4.78 is 5.71. The third-order valence-electron chi connectivity index (χ3n) is 3.79. The Kier molecular flexibility index (Phi) is 3.01. The van der Waals surface area contributed by atoms with Crippen molar-refractivity contribution in [2.24, 2.45) is 11.3 Å². The maximum Gasteiger partial charge on any atom is 0.230 e. The molecule has 2 aliphatic rings. The number of hydrogen-bond donors (Lipinski definition) is 1. The van der Waals surface area contributed by atoms with Gasteiger partial charge in [0.1, 0.15) is 17.2 Å². The van der Waals surface area contributed by atoms with Crippen LogP contribution in [0.25, 0.3) is 0 Å². The van der Waals surface area contributed by atoms with E-state index in [2.05, 4.69) is 15.3 Å². The monoisotopic (exact) mass is 291 g/mol. The molecule has 1 saturated heterocycles. The predicted molar refractivity (Wildman–Crippen MR) is 73.9 cm³/mol. The lowest BCUT2D eigenvalue weighted by Gasteiger charge is -2.26. The van der Waals surface area contributed by atoms with Crippen molar-refractivity contribution in [1.82, 2.24) is 15.3 Å². The average molecular weight is 292 g/mol. The second kappa shape index (κ2) is 4.59. The van der Waals surface area contributed by atoms with E-state index >= 15 is 0 Å². The SMILES string of the molecule is CC1(C)C(=O)NC2=CC=C(Oc3cc(Cl)ncn3)CC21. The van der Waals surface area contributed by atoms with Crippen LogP contribution in [0.4, 0.5) is 0 Å². The van der Waals surface area contributed by atoms with Crippen molar-refractivity contribution in [3.05, 3.63) is 41.2 Å². The zero-order chi connectivity index (χ0) is 14.3. The number of carbonyl (C=O) groups excluding carboxylic acids is 1. The number of rotatable bonds is 2. The molecule has 1 aromatic heterocycles. The summed E-state index contributed by atoms with van der Waals surface area (Å²) >= 11 is 5.80. The highest BCUT2D eigenvalue weighted by atomic mass is 35.5. The minimum absolute atomic E-state index is 0.0495. The molecule has 0 spiro atoms. The van der Waals surface area contributed by atoms with Crippen LogP contribution < -0.4 is 10.1 Å². The van der Waals surface area contributed by atoms with Crippen LogP contribution in [0.3, 0.4) is 0 Å². The van der Waals surface area contributed by atoms with Crippen molar-refractivity contribution < 1.29 is 9.53 Å². The molecule has 1 unspecified atom stereocenters. The summed E-state index contributed by atoms with van der Waals surface area (Å²) in [4.78, 5) is 19.7. The molecule has 6 heteroatoms. The Morgan fingerprint density at radius 3 is 2.95 bits per heavy atom. The van der Waals surface area contributed by atoms with Gasteiger partial charge in [0.25, 0.3) is 0 Å². The standard InChI is InChI=1S/C14H14ClN3O2/c1-14(2)9-5-8(3-4-10(9)18-13(14)19)20-12-6-11(15)16-7-17-12/h3-4,6-7,9H,5H2,1-2H3,(H,18,19). The van der Waals surface area contributed by atoms with Gasteiger partial charge in [0, 0.05) is 24.1 Å². The van der Waals surface area contributed by atoms with Gasteiger partial charge in [-0.05, 0) is 12.2 Å². The van der Waals surface area contributed by atoms with Crippen LogP contribution in [-0.4, -0.2) is 15.9 Å². The van der Waals surface area contributed by atoms with Gasteiger partial charge in [0.15, 0.2) is 0 Å². The maximum atomic E-state index is 11.9. The van der Waals surface area contributed by atoms with Gasteiger partial charge in [0.2, 0.25) is 11.8 Å². The Morgan fingerprint density at radius 2 is 2.20 bits per heavy atom. The van der Waals surface area contributed by atoms with Gasteiger partial charge in [-0.3, -0.25) is 4.79 Å². The van der Waals surface area contributed by atoms with E-state index in [0.29, 0.717) is 17.5 Å². The fourth-order valence-corrected chi connectivity index (χ4v) is 2.62. The zero-order valence-corrected chi connectivity index (χ0v) is 11.9. The first kappa shape index (κ1) is 13.1. The number of fused-ring (bicyclic) bond motifs is 1. The van der Waals surface area contributed by atoms with Crippen LogP contribution in [0.2, 0.25) is 5.15 Å². The van der Waals surface area contributed by atoms with Gasteiger partial charge in [-0.25, -0.2) is 9.97 Å². The van der Waals surface area contributed by atoms with Gasteiger partial charge < -0.3 is 10.1 Å². The molecule has 3 rings (SSSR count). The van der Waals surface area contributed by atoms with Crippen molar-refractivity contribution in [3.8, 4) is 5.88 Å². The highest BCUT2D eigenvalue weighted by molar-refractivity contribution is 6.29. The minimum atomic E-state index is -0.433. The summed E-state index contributed by atoms with van der Waals surface area (Å²) in [5.74, 6) is 1.32. The molecular formula is C14H14ClN3O2. The Morgan fingerprint density at radius 1 is 1.40 bits per heavy atom. The van der Waals surface area contributed by atoms with E-state index in [9.17, 15) is 4.79 Å². The average Bonchev–Trinajstić information content (AvgIpc) is 2.61. The number of amides is 1. The van der Waals surface area contributed by atoms with Crippen LogP contribution >= 0.6 is 11.6 Å². The van der Waals surface area contributed by atoms with E-state index in [1.807, 2.05) is 26.0 Å². The highest BCUT2D eigenvalue weighted by Gasteiger charge is 2.46. The summed E-state index contributed by atoms with van der Waals surface area (Å²) in [6.45, 7) is 3.89. The second-order valence-electron chi connectivity index (χ2n) is 5.47. The van der Waals surface area contributed by atoms with Crippen LogP contribution in [0.15, 0.2) is 36.0 Å². The Bertz CT molecular complexity index is 637. The van der Waals surface area contributed by atoms with Gasteiger partial charge in [-0.2, -0.15) is 0 Å². The van der Waals surface area contributed by atoms with E-state index < -0.39 is 5.41 Å². The van der Waals surface area contributed by atoms with E-state index in [1.165, 1.54) is 6.33 Å². The molecule has 5 nitrogen and oxygen atoms in total. The number of ether oxygens (including phenoxy) is 1. The molecule has 1 amide bonds. The lowest BCUT2D eigenvalue weighted by Crippen LogP contribution is -2.29. The van der Waals surface area contributed by atoms with Crippen LogP contribution in [0, 0.1) is 11.3 Å². The van der Waals surface area contributed by atoms with Crippen molar-refractivity contribution in [1.29, 1.82) is 0 Å². The smallest absolute Gasteiger partial charge is 0.230 e. The lowest BCUT2D eigenvalue weighted by atomic mass is 9.76. The van der Waals surface area contributed by atoms with Crippen molar-refractivity contribution in [2.75, 3.05) is 0 Å². The first-order chi connectivity index (χ1) is 9.46. The molecule has 0 radical (unpaired) electrons. The number of hydrogen-bond acceptors (Lipinski definition) is 4. The van der Waals surface area contributed by atoms with Crippen molar-refractivity contribution in [3.63, 3.8) is 0 Å². The largest absolute Gasteiger partial charge is 0.443 e. The van der Waals surface area contributed by atoms with Gasteiger partial charge in [-0.15, -0.1) is 0 Å². The third-order valence-corrected chi connectivity index (χ3v) is 3.99. The van der Waals surface area contributed by atoms with Gasteiger partial charge in [0.05, 0.1) is 5.41 Å². The molecule has 1 aromatic rings. The van der Waals surface area contributed by atoms with Gasteiger partial charge >= 0.3 is 0 Å². The quantitative estimate of drug-likeness (QED) is 0.850. The first-order valence-corrected chi connectivity index (χ1v) is 6.72. The van der Waals surface area contributed by atoms with E-state index in [-0.39, 0.29) is 11.8 Å². The number of aromatic nitrogens is 2. The molecule has 1 N–H and O–H groups in total. The summed E-state index contributed by atoms with van der Waals surface area (Å²) in [5, 5.41) is 3.25. The third kappa shape index (κ3) is 2.18. The van der Waals surface area contributed by atoms with E-state index in [4.69, 9.17) is 16.3 Å². The van der Waals surface area contributed by atoms with E-state index in [0.717, 1.165) is 11.5 Å². The minimum Gasteiger partial charge on any atom is -0.443 e. The van der Waals surface area contributed by atoms with Crippen LogP contribution in [0.5, 0.6) is 5.88 Å². The Balaban J connectivity index is 1.80. The normalized spacial score (nSPS) is 23.6. The van der Waals surface area contributed by atoms with Crippen LogP contribution in [-0.2, 0) is 4.79 Å². The van der Waals surface area contributed by atoms with Crippen molar-refractivity contribution in [2.45, 2.75) is 20.3 Å². The van der Waals surface area contributed by atoms with Crippen molar-refractivity contribution >= 4 is 17.5 Å².